The van der Waals surface area contributed by atoms with Crippen LogP contribution in [0, 0.1) is 0 Å². The highest BCUT2D eigenvalue weighted by molar-refractivity contribution is 6.99. The van der Waals surface area contributed by atoms with Gasteiger partial charge in [0.2, 0.25) is 0 Å². The number of rotatable bonds is 3. The molecule has 0 aromatic carbocycles. The van der Waals surface area contributed by atoms with Gasteiger partial charge >= 0.3 is 18.2 Å². The van der Waals surface area contributed by atoms with Gasteiger partial charge in [-0.25, -0.2) is 14.6 Å². The number of urea groups is 1. The molecular weight excluding hydrogens is 389 g/mol. The van der Waals surface area contributed by atoms with E-state index in [2.05, 4.69) is 19.0 Å². The summed E-state index contributed by atoms with van der Waals surface area (Å²) in [5.74, 6) is -1.24. The number of aryl methyl sites for hydroxylation is 1. The summed E-state index contributed by atoms with van der Waals surface area (Å²) in [6.45, 7) is 0.776. The van der Waals surface area contributed by atoms with Gasteiger partial charge in [-0.1, -0.05) is 0 Å². The van der Waals surface area contributed by atoms with Crippen molar-refractivity contribution in [1.82, 2.24) is 23.2 Å². The van der Waals surface area contributed by atoms with Gasteiger partial charge in [0.05, 0.1) is 17.9 Å². The number of carboxylic acid groups (broad SMARTS) is 1. The number of hydrogen-bond acceptors (Lipinski definition) is 6. The van der Waals surface area contributed by atoms with E-state index in [1.165, 1.54) is 0 Å². The molecule has 0 aliphatic carbocycles. The van der Waals surface area contributed by atoms with E-state index < -0.39 is 12.1 Å². The van der Waals surface area contributed by atoms with E-state index in [9.17, 15) is 18.0 Å². The molecule has 2 N–H and O–H groups in total. The summed E-state index contributed by atoms with van der Waals surface area (Å²) in [6, 6.07) is 0.0945. The molecule has 2 amide bonds. The minimum Gasteiger partial charge on any atom is -0.475 e. The van der Waals surface area contributed by atoms with Crippen molar-refractivity contribution in [3.8, 4) is 0 Å². The molecule has 3 rings (SSSR count). The summed E-state index contributed by atoms with van der Waals surface area (Å²) in [5.41, 5.74) is 0. The van der Waals surface area contributed by atoms with Gasteiger partial charge in [0.1, 0.15) is 5.82 Å². The Morgan fingerprint density at radius 1 is 1.44 bits per heavy atom. The molecule has 1 fully saturated rings. The van der Waals surface area contributed by atoms with Gasteiger partial charge in [0, 0.05) is 38.4 Å². The molecule has 1 atom stereocenters. The Morgan fingerprint density at radius 3 is 2.67 bits per heavy atom. The quantitative estimate of drug-likeness (QED) is 0.808. The van der Waals surface area contributed by atoms with E-state index in [4.69, 9.17) is 9.90 Å². The van der Waals surface area contributed by atoms with Crippen LogP contribution < -0.4 is 5.32 Å². The molecule has 0 radical (unpaired) electrons. The molecule has 1 aliphatic rings. The van der Waals surface area contributed by atoms with Gasteiger partial charge in [-0.3, -0.25) is 5.32 Å². The van der Waals surface area contributed by atoms with Crippen LogP contribution in [0.15, 0.2) is 18.6 Å². The van der Waals surface area contributed by atoms with Crippen LogP contribution in [-0.2, 0) is 18.3 Å². The zero-order chi connectivity index (χ0) is 20.0. The largest absolute Gasteiger partial charge is 0.490 e. The van der Waals surface area contributed by atoms with Gasteiger partial charge in [0.15, 0.2) is 5.82 Å². The monoisotopic (exact) mass is 406 g/mol. The highest BCUT2D eigenvalue weighted by Crippen LogP contribution is 2.21. The van der Waals surface area contributed by atoms with Crippen LogP contribution in [0.4, 0.5) is 23.8 Å². The average molecular weight is 406 g/mol. The summed E-state index contributed by atoms with van der Waals surface area (Å²) in [6.07, 6.45) is 3.01. The molecule has 0 bridgehead atoms. The number of nitrogens with one attached hydrogen (secondary N) is 1. The van der Waals surface area contributed by atoms with E-state index in [-0.39, 0.29) is 12.1 Å². The van der Waals surface area contributed by atoms with Crippen LogP contribution in [0.1, 0.15) is 18.7 Å². The Labute approximate surface area is 156 Å². The number of carboxylic acids is 1. The van der Waals surface area contributed by atoms with Crippen molar-refractivity contribution in [3.63, 3.8) is 0 Å². The first kappa shape index (κ1) is 20.6. The lowest BCUT2D eigenvalue weighted by atomic mass is 10.1. The number of likely N-dealkylation sites (tertiary alicyclic amines) is 1. The predicted molar refractivity (Wildman–Crippen MR) is 89.3 cm³/mol. The highest BCUT2D eigenvalue weighted by Gasteiger charge is 2.38. The van der Waals surface area contributed by atoms with E-state index >= 15 is 0 Å². The van der Waals surface area contributed by atoms with Crippen LogP contribution in [0.2, 0.25) is 0 Å². The SMILES string of the molecule is Cn1ccnc1C[C@H]1CCCN1C(=O)Nc1cnsn1.O=C(O)C(F)(F)F. The number of alkyl halides is 3. The van der Waals surface area contributed by atoms with Crippen molar-refractivity contribution in [3.05, 3.63) is 24.4 Å². The first-order chi connectivity index (χ1) is 12.7. The molecule has 13 heteroatoms. The Kier molecular flexibility index (Phi) is 6.71. The Bertz CT molecular complexity index is 764. The molecule has 9 nitrogen and oxygen atoms in total. The third-order valence-corrected chi connectivity index (χ3v) is 4.29. The third kappa shape index (κ3) is 5.91. The average Bonchev–Trinajstić information content (AvgIpc) is 3.31. The summed E-state index contributed by atoms with van der Waals surface area (Å²) >= 11 is 1.08. The molecule has 2 aromatic rings. The number of carbonyl (C=O) groups is 2. The molecule has 0 unspecified atom stereocenters. The Balaban J connectivity index is 0.000000321. The van der Waals surface area contributed by atoms with E-state index in [1.807, 2.05) is 22.7 Å². The first-order valence-corrected chi connectivity index (χ1v) is 8.53. The summed E-state index contributed by atoms with van der Waals surface area (Å²) in [4.78, 5) is 27.4. The number of aromatic nitrogens is 4. The number of imidazole rings is 1. The maximum atomic E-state index is 12.3. The van der Waals surface area contributed by atoms with Crippen molar-refractivity contribution in [2.45, 2.75) is 31.5 Å². The number of hydrogen-bond donors (Lipinski definition) is 2. The number of anilines is 1. The molecule has 3 heterocycles. The van der Waals surface area contributed by atoms with Gasteiger partial charge in [-0.05, 0) is 12.8 Å². The van der Waals surface area contributed by atoms with Crippen molar-refractivity contribution in [2.24, 2.45) is 7.05 Å². The summed E-state index contributed by atoms with van der Waals surface area (Å²) in [7, 11) is 1.97. The fourth-order valence-electron chi connectivity index (χ4n) is 2.52. The fraction of sp³-hybridized carbons (Fsp3) is 0.500. The van der Waals surface area contributed by atoms with Crippen LogP contribution in [-0.4, -0.2) is 59.1 Å². The lowest BCUT2D eigenvalue weighted by Gasteiger charge is -2.24. The van der Waals surface area contributed by atoms with Crippen LogP contribution >= 0.6 is 11.7 Å². The van der Waals surface area contributed by atoms with Crippen LogP contribution in [0.25, 0.3) is 0 Å². The minimum atomic E-state index is -5.08. The van der Waals surface area contributed by atoms with Crippen LogP contribution in [0.3, 0.4) is 0 Å². The topological polar surface area (TPSA) is 113 Å². The predicted octanol–water partition coefficient (Wildman–Crippen LogP) is 2.14. The number of aliphatic carboxylic acids is 1. The summed E-state index contributed by atoms with van der Waals surface area (Å²) < 4.78 is 41.6. The number of nitrogens with zero attached hydrogens (tertiary/aromatic N) is 5. The van der Waals surface area contributed by atoms with Crippen molar-refractivity contribution < 1.29 is 27.9 Å². The Morgan fingerprint density at radius 2 is 2.15 bits per heavy atom. The second kappa shape index (κ2) is 8.79. The summed E-state index contributed by atoms with van der Waals surface area (Å²) in [5, 5.41) is 9.91. The maximum Gasteiger partial charge on any atom is 0.490 e. The molecule has 1 aliphatic heterocycles. The second-order valence-corrected chi connectivity index (χ2v) is 6.23. The molecule has 27 heavy (non-hydrogen) atoms. The van der Waals surface area contributed by atoms with Gasteiger partial charge in [0.25, 0.3) is 0 Å². The molecule has 2 aromatic heterocycles. The number of halogens is 3. The maximum absolute atomic E-state index is 12.3. The molecule has 0 spiro atoms. The fourth-order valence-corrected chi connectivity index (χ4v) is 2.90. The zero-order valence-electron chi connectivity index (χ0n) is 14.2. The Hall–Kier alpha value is -2.70. The molecule has 0 saturated carbocycles. The first-order valence-electron chi connectivity index (χ1n) is 7.80. The highest BCUT2D eigenvalue weighted by atomic mass is 32.1. The van der Waals surface area contributed by atoms with E-state index in [0.29, 0.717) is 5.82 Å². The van der Waals surface area contributed by atoms with Crippen LogP contribution in [0.5, 0.6) is 0 Å². The molecule has 148 valence electrons. The molecular formula is C14H17F3N6O3S. The van der Waals surface area contributed by atoms with Crippen molar-refractivity contribution in [2.75, 3.05) is 11.9 Å². The van der Waals surface area contributed by atoms with Gasteiger partial charge < -0.3 is 14.6 Å². The smallest absolute Gasteiger partial charge is 0.475 e. The zero-order valence-corrected chi connectivity index (χ0v) is 15.0. The number of carbonyl (C=O) groups excluding carboxylic acids is 1. The van der Waals surface area contributed by atoms with E-state index in [0.717, 1.165) is 43.4 Å². The van der Waals surface area contributed by atoms with E-state index in [1.54, 1.807) is 12.4 Å². The minimum absolute atomic E-state index is 0.102. The second-order valence-electron chi connectivity index (χ2n) is 5.67. The standard InChI is InChI=1S/C12H16N6OS.C2HF3O2/c1-17-6-4-13-11(17)7-9-3-2-5-18(9)12(19)15-10-8-14-20-16-10;3-2(4,5)1(6)7/h4,6,8-9H,2-3,5,7H2,1H3,(H,15,16,19);(H,6,7)/t9-;/m1./s1. The van der Waals surface area contributed by atoms with Gasteiger partial charge in [-0.15, -0.1) is 0 Å². The lowest BCUT2D eigenvalue weighted by molar-refractivity contribution is -0.192. The molecule has 1 saturated heterocycles. The lowest BCUT2D eigenvalue weighted by Crippen LogP contribution is -2.40. The normalized spacial score (nSPS) is 16.6. The van der Waals surface area contributed by atoms with Crippen molar-refractivity contribution in [1.29, 1.82) is 0 Å². The van der Waals surface area contributed by atoms with Gasteiger partial charge in [-0.2, -0.15) is 21.9 Å². The number of amides is 2. The van der Waals surface area contributed by atoms with Crippen molar-refractivity contribution >= 4 is 29.5 Å². The third-order valence-electron chi connectivity index (χ3n) is 3.82.